The molecule has 1 aliphatic carbocycles. The number of anilines is 1. The number of aliphatic hydroxyl groups is 1. The van der Waals surface area contributed by atoms with Crippen LogP contribution in [0.25, 0.3) is 0 Å². The fourth-order valence-electron chi connectivity index (χ4n) is 16.2. The van der Waals surface area contributed by atoms with E-state index in [4.69, 9.17) is 19.9 Å². The number of hydrogen-bond donors (Lipinski definition) is 9. The molecule has 5 rings (SSSR count). The van der Waals surface area contributed by atoms with Gasteiger partial charge >= 0.3 is 12.1 Å². The summed E-state index contributed by atoms with van der Waals surface area (Å²) in [7, 11) is 7.64. The smallest absolute Gasteiger partial charge is 0.410 e. The first-order chi connectivity index (χ1) is 48.8. The lowest BCUT2D eigenvalue weighted by Crippen LogP contribution is -2.60. The number of carbonyl (C=O) groups is 11. The van der Waals surface area contributed by atoms with E-state index in [9.17, 15) is 57.8 Å². The highest BCUT2D eigenvalue weighted by Crippen LogP contribution is 2.74. The monoisotopic (exact) mass is 1450 g/mol. The highest BCUT2D eigenvalue weighted by Gasteiger charge is 2.76. The van der Waals surface area contributed by atoms with Crippen LogP contribution in [0.4, 0.5) is 15.3 Å². The lowest BCUT2D eigenvalue weighted by atomic mass is 9.52. The van der Waals surface area contributed by atoms with Crippen LogP contribution >= 0.6 is 0 Å². The number of fused-ring (bicyclic) bond motifs is 1. The van der Waals surface area contributed by atoms with Crippen molar-refractivity contribution in [1.29, 1.82) is 0 Å². The molecule has 27 nitrogen and oxygen atoms in total. The van der Waals surface area contributed by atoms with Gasteiger partial charge in [-0.25, -0.2) is 20.0 Å². The second-order valence-corrected chi connectivity index (χ2v) is 30.6. The van der Waals surface area contributed by atoms with Crippen LogP contribution < -0.4 is 43.1 Å². The molecule has 17 atom stereocenters. The van der Waals surface area contributed by atoms with Gasteiger partial charge < -0.3 is 66.8 Å². The van der Waals surface area contributed by atoms with E-state index in [2.05, 4.69) is 43.9 Å². The van der Waals surface area contributed by atoms with Gasteiger partial charge in [0.2, 0.25) is 53.2 Å². The number of amides is 12. The first kappa shape index (κ1) is 86.6. The van der Waals surface area contributed by atoms with Crippen molar-refractivity contribution in [1.82, 2.24) is 51.7 Å². The summed E-state index contributed by atoms with van der Waals surface area (Å²) in [5.74, 6) is -8.05. The molecule has 104 heavy (non-hydrogen) atoms. The Morgan fingerprint density at radius 3 is 1.92 bits per heavy atom. The summed E-state index contributed by atoms with van der Waals surface area (Å²) in [5.41, 5.74) is 8.06. The number of ether oxygens (including phenoxy) is 3. The molecule has 2 saturated heterocycles. The van der Waals surface area contributed by atoms with Gasteiger partial charge in [0.25, 0.3) is 0 Å². The number of likely N-dealkylation sites (N-methyl/N-ethyl adjacent to an activating group) is 2. The zero-order valence-electron chi connectivity index (χ0n) is 65.2. The van der Waals surface area contributed by atoms with Crippen LogP contribution in [0.15, 0.2) is 66.7 Å². The normalized spacial score (nSPS) is 23.3. The van der Waals surface area contributed by atoms with Crippen molar-refractivity contribution in [3.05, 3.63) is 77.9 Å². The number of rotatable bonds is 38. The molecule has 580 valence electrons. The van der Waals surface area contributed by atoms with Crippen LogP contribution in [0.3, 0.4) is 0 Å². The van der Waals surface area contributed by atoms with Gasteiger partial charge in [-0.3, -0.25) is 48.1 Å². The fourth-order valence-corrected chi connectivity index (χ4v) is 16.2. The SMILES string of the molecule is C=C(C)C1(C)C2C(=O)N(N[C@H](C(=O)N[C@@H](CCCNC(N)=O)C(=O)Nc3ccc(COC(=O)N(C)[C@H](C(=O)N[C@H](C(=O)N(C)[C@@H]([C@@H](C)CC)[C@@H](CC(=O)N4CCC[C@H]4[C@H](OC)[C@@H](C)C(=O)N[C@H](C)[C@H](O)c4ccccc4)OC)C(C)C)C(C)C)cc3)C(C)C)C(=O)C2C(C)(CC)C1(C)CCC(=O)NC. The van der Waals surface area contributed by atoms with E-state index in [-0.39, 0.29) is 62.5 Å². The van der Waals surface area contributed by atoms with Crippen molar-refractivity contribution in [2.75, 3.05) is 53.8 Å². The molecule has 2 aromatic carbocycles. The average Bonchev–Trinajstić information content (AvgIpc) is 1.50. The summed E-state index contributed by atoms with van der Waals surface area (Å²) >= 11 is 0. The molecule has 1 saturated carbocycles. The van der Waals surface area contributed by atoms with Crippen LogP contribution in [0.2, 0.25) is 0 Å². The number of imide groups is 1. The van der Waals surface area contributed by atoms with Gasteiger partial charge in [0.1, 0.15) is 30.8 Å². The standard InChI is InChI=1S/C77H122N12O15/c1-22-47(11)63(55(102-20)41-57(91)88-40-28-32-54(88)65(103-21)48(12)66(93)81-49(13)64(92)51-29-25-24-26-30-51)86(18)72(99)61(44(5)6)84-69(96)62(45(7)8)87(19)74(101)104-42-50-33-35-52(36-34-50)82-67(94)53(31-27-39-80-73(78)100)83-68(95)60(43(3)4)85-89-70(97)58-59(71(89)98)77(16,46(9)10)76(15,75(58,14)23-2)38-37-56(90)79-17/h24-26,29-30,33-36,43-45,47-49,53-55,58-65,85,92H,9,22-23,27-28,31-32,37-42H2,1-8,10-21H3,(H,79,90)(H,81,93)(H,82,94)(H,83,95)(H,84,96)(H3,78,80,100)/t47-,48+,49+,53-,54-,55+,58?,59?,60-,61-,62-,63-,64-,65+,75?,76?,77?/m0/s1. The van der Waals surface area contributed by atoms with E-state index in [1.54, 1.807) is 116 Å². The maximum absolute atomic E-state index is 14.9. The first-order valence-corrected chi connectivity index (χ1v) is 36.9. The van der Waals surface area contributed by atoms with Gasteiger partial charge in [0.05, 0.1) is 60.6 Å². The van der Waals surface area contributed by atoms with Crippen molar-refractivity contribution in [3.8, 4) is 0 Å². The zero-order chi connectivity index (χ0) is 78.2. The third-order valence-corrected chi connectivity index (χ3v) is 23.3. The molecule has 2 heterocycles. The molecule has 2 aliphatic heterocycles. The molecule has 12 amide bonds. The van der Waals surface area contributed by atoms with E-state index in [1.165, 1.54) is 26.2 Å². The third kappa shape index (κ3) is 19.3. The molecule has 0 radical (unpaired) electrons. The van der Waals surface area contributed by atoms with Crippen molar-refractivity contribution >= 4 is 71.0 Å². The van der Waals surface area contributed by atoms with Gasteiger partial charge in [-0.2, -0.15) is 0 Å². The number of hydrazine groups is 1. The van der Waals surface area contributed by atoms with Gasteiger partial charge in [-0.05, 0) is 110 Å². The van der Waals surface area contributed by atoms with Crippen LogP contribution in [0, 0.1) is 57.7 Å². The number of allylic oxidation sites excluding steroid dienone is 1. The molecule has 0 spiro atoms. The molecule has 0 aromatic heterocycles. The van der Waals surface area contributed by atoms with Crippen LogP contribution in [-0.4, -0.2) is 193 Å². The van der Waals surface area contributed by atoms with Gasteiger partial charge in [0, 0.05) is 66.0 Å². The minimum absolute atomic E-state index is 0.0292. The number of nitrogens with two attached hydrogens (primary N) is 1. The highest BCUT2D eigenvalue weighted by molar-refractivity contribution is 6.07. The largest absolute Gasteiger partial charge is 0.445 e. The van der Waals surface area contributed by atoms with Crippen molar-refractivity contribution in [2.24, 2.45) is 63.4 Å². The number of nitrogens with zero attached hydrogens (tertiary/aromatic N) is 4. The Bertz CT molecular complexity index is 3340. The number of carbonyl (C=O) groups excluding carboxylic acids is 11. The van der Waals surface area contributed by atoms with E-state index in [0.717, 1.165) is 5.01 Å². The Hall–Kier alpha value is -8.01. The van der Waals surface area contributed by atoms with Gasteiger partial charge in [0.15, 0.2) is 0 Å². The minimum atomic E-state index is -1.20. The summed E-state index contributed by atoms with van der Waals surface area (Å²) in [6.07, 6.45) is -0.146. The second-order valence-electron chi connectivity index (χ2n) is 30.6. The Balaban J connectivity index is 1.24. The van der Waals surface area contributed by atoms with E-state index in [0.29, 0.717) is 61.0 Å². The quantitative estimate of drug-likeness (QED) is 0.0183. The number of likely N-dealkylation sites (tertiary alicyclic amines) is 1. The summed E-state index contributed by atoms with van der Waals surface area (Å²) in [6, 6.07) is 8.39. The van der Waals surface area contributed by atoms with Crippen molar-refractivity contribution in [3.63, 3.8) is 0 Å². The molecule has 2 aromatic rings. The fraction of sp³-hybridized carbons (Fsp3) is 0.675. The molecular formula is C77H122N12O15. The Morgan fingerprint density at radius 2 is 1.38 bits per heavy atom. The van der Waals surface area contributed by atoms with Crippen LogP contribution in [0.1, 0.15) is 179 Å². The predicted molar refractivity (Wildman–Crippen MR) is 396 cm³/mol. The number of methoxy groups -OCH3 is 2. The maximum atomic E-state index is 14.9. The molecule has 10 N–H and O–H groups in total. The molecular weight excluding hydrogens is 1330 g/mol. The summed E-state index contributed by atoms with van der Waals surface area (Å²) < 4.78 is 17.8. The topological polar surface area (TPSA) is 359 Å². The van der Waals surface area contributed by atoms with Crippen molar-refractivity contribution in [2.45, 2.75) is 229 Å². The number of hydrogen-bond acceptors (Lipinski definition) is 16. The number of aliphatic hydroxyl groups excluding tert-OH is 1. The highest BCUT2D eigenvalue weighted by atomic mass is 16.6. The average molecular weight is 1460 g/mol. The Labute approximate surface area is 616 Å². The number of urea groups is 1. The second kappa shape index (κ2) is 37.8. The molecule has 3 aliphatic rings. The molecule has 0 bridgehead atoms. The zero-order valence-corrected chi connectivity index (χ0v) is 65.2. The Kier molecular flexibility index (Phi) is 31.5. The van der Waals surface area contributed by atoms with Crippen molar-refractivity contribution < 1.29 is 72.1 Å². The molecule has 5 unspecified atom stereocenters. The third-order valence-electron chi connectivity index (χ3n) is 23.3. The maximum Gasteiger partial charge on any atom is 0.410 e. The minimum Gasteiger partial charge on any atom is -0.445 e. The van der Waals surface area contributed by atoms with Gasteiger partial charge in [-0.15, -0.1) is 0 Å². The first-order valence-electron chi connectivity index (χ1n) is 36.9. The number of benzene rings is 2. The van der Waals surface area contributed by atoms with Gasteiger partial charge in [-0.1, -0.05) is 151 Å². The van der Waals surface area contributed by atoms with Crippen LogP contribution in [0.5, 0.6) is 0 Å². The summed E-state index contributed by atoms with van der Waals surface area (Å²) in [4.78, 5) is 159. The van der Waals surface area contributed by atoms with Crippen LogP contribution in [-0.2, 0) is 64.0 Å². The van der Waals surface area contributed by atoms with E-state index >= 15 is 0 Å². The summed E-state index contributed by atoms with van der Waals surface area (Å²) in [6.45, 7) is 32.4. The van der Waals surface area contributed by atoms with E-state index in [1.807, 2.05) is 66.7 Å². The lowest BCUT2D eigenvalue weighted by Gasteiger charge is -2.52. The summed E-state index contributed by atoms with van der Waals surface area (Å²) in [5, 5.41) is 28.7. The molecule has 3 fully saturated rings. The Morgan fingerprint density at radius 1 is 0.769 bits per heavy atom. The number of nitrogens with one attached hydrogen (secondary N) is 7. The predicted octanol–water partition coefficient (Wildman–Crippen LogP) is 7.13. The number of primary amides is 1. The van der Waals surface area contributed by atoms with E-state index < -0.39 is 160 Å². The molecule has 27 heteroatoms. The lowest BCUT2D eigenvalue weighted by molar-refractivity contribution is -0.152.